The average molecular weight is 361 g/mol. The third-order valence-corrected chi connectivity index (χ3v) is 4.02. The van der Waals surface area contributed by atoms with E-state index in [1.165, 1.54) is 0 Å². The summed E-state index contributed by atoms with van der Waals surface area (Å²) in [5.74, 6) is 1.39. The lowest BCUT2D eigenvalue weighted by Gasteiger charge is -2.10. The molecule has 0 saturated heterocycles. The van der Waals surface area contributed by atoms with Crippen LogP contribution in [0, 0.1) is 0 Å². The molecule has 0 aliphatic heterocycles. The van der Waals surface area contributed by atoms with E-state index in [9.17, 15) is 0 Å². The van der Waals surface area contributed by atoms with Crippen LogP contribution in [0.5, 0.6) is 0 Å². The van der Waals surface area contributed by atoms with Gasteiger partial charge in [-0.05, 0) is 34.5 Å². The molecule has 0 amide bonds. The van der Waals surface area contributed by atoms with Gasteiger partial charge in [-0.1, -0.05) is 36.2 Å². The van der Waals surface area contributed by atoms with E-state index < -0.39 is 0 Å². The zero-order valence-electron chi connectivity index (χ0n) is 10.3. The maximum atomic E-state index is 6.05. The number of aromatic nitrogens is 2. The number of halogens is 3. The third-order valence-electron chi connectivity index (χ3n) is 2.43. The first-order chi connectivity index (χ1) is 9.10. The van der Waals surface area contributed by atoms with Crippen molar-refractivity contribution in [1.82, 2.24) is 9.97 Å². The highest BCUT2D eigenvalue weighted by Crippen LogP contribution is 2.32. The van der Waals surface area contributed by atoms with E-state index in [0.29, 0.717) is 16.0 Å². The minimum atomic E-state index is 0.430. The molecule has 2 aromatic rings. The second kappa shape index (κ2) is 6.55. The molecule has 0 atom stereocenters. The monoisotopic (exact) mass is 359 g/mol. The molecule has 0 unspecified atom stereocenters. The van der Waals surface area contributed by atoms with E-state index in [1.54, 1.807) is 6.07 Å². The molecule has 2 rings (SSSR count). The summed E-state index contributed by atoms with van der Waals surface area (Å²) in [6, 6.07) is 7.27. The minimum absolute atomic E-state index is 0.430. The quantitative estimate of drug-likeness (QED) is 0.757. The first-order valence-corrected chi connectivity index (χ1v) is 7.39. The Labute approximate surface area is 130 Å². The summed E-state index contributed by atoms with van der Waals surface area (Å²) in [6.45, 7) is 2.07. The van der Waals surface area contributed by atoms with Gasteiger partial charge in [0.1, 0.15) is 16.8 Å². The van der Waals surface area contributed by atoms with Crippen molar-refractivity contribution in [1.29, 1.82) is 0 Å². The van der Waals surface area contributed by atoms with Crippen molar-refractivity contribution in [3.05, 3.63) is 44.7 Å². The maximum Gasteiger partial charge on any atom is 0.135 e. The normalized spacial score (nSPS) is 10.5. The zero-order valence-corrected chi connectivity index (χ0v) is 13.3. The van der Waals surface area contributed by atoms with Gasteiger partial charge >= 0.3 is 0 Å². The summed E-state index contributed by atoms with van der Waals surface area (Å²) in [4.78, 5) is 8.60. The lowest BCUT2D eigenvalue weighted by molar-refractivity contribution is 0.837. The predicted octanol–water partition coefficient (Wildman–Crippen LogP) is 5.24. The molecule has 0 spiro atoms. The lowest BCUT2D eigenvalue weighted by Crippen LogP contribution is -2.01. The van der Waals surface area contributed by atoms with E-state index in [1.807, 2.05) is 18.2 Å². The first-order valence-electron chi connectivity index (χ1n) is 5.84. The Balaban J connectivity index is 2.30. The molecule has 0 radical (unpaired) electrons. The summed E-state index contributed by atoms with van der Waals surface area (Å²) in [6.07, 6.45) is 1.77. The van der Waals surface area contributed by atoms with Gasteiger partial charge in [0.05, 0.1) is 15.2 Å². The Kier molecular flexibility index (Phi) is 5.02. The van der Waals surface area contributed by atoms with Crippen LogP contribution in [0.3, 0.4) is 0 Å². The fraction of sp³-hybridized carbons (Fsp3) is 0.231. The minimum Gasteiger partial charge on any atom is -0.339 e. The molecule has 6 heteroatoms. The highest BCUT2D eigenvalue weighted by molar-refractivity contribution is 9.10. The number of benzene rings is 1. The van der Waals surface area contributed by atoms with Gasteiger partial charge in [-0.15, -0.1) is 0 Å². The summed E-state index contributed by atoms with van der Waals surface area (Å²) in [5, 5.41) is 4.25. The fourth-order valence-corrected chi connectivity index (χ4v) is 2.34. The van der Waals surface area contributed by atoms with Gasteiger partial charge in [0.25, 0.3) is 0 Å². The van der Waals surface area contributed by atoms with Crippen molar-refractivity contribution in [3.8, 4) is 0 Å². The fourth-order valence-electron chi connectivity index (χ4n) is 1.60. The van der Waals surface area contributed by atoms with Crippen molar-refractivity contribution in [3.63, 3.8) is 0 Å². The standard InChI is InChI=1S/C13H12BrCl2N3/c1-2-4-11-18-10(16)7-12(19-11)17-9-6-3-5-8(15)13(9)14/h3,5-7H,2,4H2,1H3,(H,17,18,19). The number of nitrogens with one attached hydrogen (secondary N) is 1. The molecular weight excluding hydrogens is 349 g/mol. The largest absolute Gasteiger partial charge is 0.339 e. The molecule has 1 heterocycles. The van der Waals surface area contributed by atoms with Crippen LogP contribution in [0.25, 0.3) is 0 Å². The SMILES string of the molecule is CCCc1nc(Cl)cc(Nc2cccc(Cl)c2Br)n1. The van der Waals surface area contributed by atoms with Gasteiger partial charge in [0, 0.05) is 12.5 Å². The van der Waals surface area contributed by atoms with Crippen LogP contribution in [-0.2, 0) is 6.42 Å². The van der Waals surface area contributed by atoms with Crippen molar-refractivity contribution in [2.75, 3.05) is 5.32 Å². The van der Waals surface area contributed by atoms with Crippen LogP contribution in [0.1, 0.15) is 19.2 Å². The van der Waals surface area contributed by atoms with Crippen molar-refractivity contribution in [2.45, 2.75) is 19.8 Å². The molecule has 100 valence electrons. The molecule has 1 aromatic heterocycles. The molecule has 19 heavy (non-hydrogen) atoms. The summed E-state index contributed by atoms with van der Waals surface area (Å²) < 4.78 is 0.795. The number of hydrogen-bond acceptors (Lipinski definition) is 3. The number of rotatable bonds is 4. The van der Waals surface area contributed by atoms with Crippen molar-refractivity contribution in [2.24, 2.45) is 0 Å². The van der Waals surface area contributed by atoms with Crippen LogP contribution >= 0.6 is 39.1 Å². The van der Waals surface area contributed by atoms with E-state index >= 15 is 0 Å². The Morgan fingerprint density at radius 3 is 2.79 bits per heavy atom. The predicted molar refractivity (Wildman–Crippen MR) is 83.5 cm³/mol. The highest BCUT2D eigenvalue weighted by Gasteiger charge is 2.07. The van der Waals surface area contributed by atoms with E-state index in [2.05, 4.69) is 38.1 Å². The van der Waals surface area contributed by atoms with E-state index in [0.717, 1.165) is 28.8 Å². The van der Waals surface area contributed by atoms with Crippen LogP contribution in [-0.4, -0.2) is 9.97 Å². The number of anilines is 2. The number of nitrogens with zero attached hydrogens (tertiary/aromatic N) is 2. The van der Waals surface area contributed by atoms with Crippen LogP contribution < -0.4 is 5.32 Å². The van der Waals surface area contributed by atoms with Gasteiger partial charge in [0.15, 0.2) is 0 Å². The number of hydrogen-bond donors (Lipinski definition) is 1. The Hall–Kier alpha value is -0.840. The Bertz CT molecular complexity index is 590. The molecule has 0 aliphatic rings. The van der Waals surface area contributed by atoms with Crippen molar-refractivity contribution >= 4 is 50.6 Å². The van der Waals surface area contributed by atoms with Crippen molar-refractivity contribution < 1.29 is 0 Å². The summed E-state index contributed by atoms with van der Waals surface area (Å²) in [7, 11) is 0. The van der Waals surface area contributed by atoms with E-state index in [4.69, 9.17) is 23.2 Å². The van der Waals surface area contributed by atoms with Gasteiger partial charge < -0.3 is 5.32 Å². The molecule has 0 aliphatic carbocycles. The average Bonchev–Trinajstić information content (AvgIpc) is 2.35. The smallest absolute Gasteiger partial charge is 0.135 e. The van der Waals surface area contributed by atoms with Gasteiger partial charge in [-0.3, -0.25) is 0 Å². The molecule has 0 saturated carbocycles. The second-order valence-corrected chi connectivity index (χ2v) is 5.56. The van der Waals surface area contributed by atoms with Crippen LogP contribution in [0.2, 0.25) is 10.2 Å². The van der Waals surface area contributed by atoms with Gasteiger partial charge in [0.2, 0.25) is 0 Å². The zero-order chi connectivity index (χ0) is 13.8. The topological polar surface area (TPSA) is 37.8 Å². The van der Waals surface area contributed by atoms with Crippen LogP contribution in [0.15, 0.2) is 28.7 Å². The highest BCUT2D eigenvalue weighted by atomic mass is 79.9. The molecule has 1 N–H and O–H groups in total. The van der Waals surface area contributed by atoms with Gasteiger partial charge in [-0.2, -0.15) is 0 Å². The maximum absolute atomic E-state index is 6.05. The molecular formula is C13H12BrCl2N3. The third kappa shape index (κ3) is 3.81. The van der Waals surface area contributed by atoms with Gasteiger partial charge in [-0.25, -0.2) is 9.97 Å². The van der Waals surface area contributed by atoms with Crippen LogP contribution in [0.4, 0.5) is 11.5 Å². The lowest BCUT2D eigenvalue weighted by atomic mass is 10.3. The molecule has 1 aromatic carbocycles. The molecule has 0 fully saturated rings. The molecule has 0 bridgehead atoms. The molecule has 3 nitrogen and oxygen atoms in total. The Morgan fingerprint density at radius 1 is 1.26 bits per heavy atom. The van der Waals surface area contributed by atoms with E-state index in [-0.39, 0.29) is 0 Å². The summed E-state index contributed by atoms with van der Waals surface area (Å²) >= 11 is 15.5. The number of aryl methyl sites for hydroxylation is 1. The summed E-state index contributed by atoms with van der Waals surface area (Å²) in [5.41, 5.74) is 0.838. The second-order valence-electron chi connectivity index (χ2n) is 3.97. The Morgan fingerprint density at radius 2 is 2.05 bits per heavy atom. The first kappa shape index (κ1) is 14.6.